The van der Waals surface area contributed by atoms with E-state index in [2.05, 4.69) is 5.32 Å². The van der Waals surface area contributed by atoms with Gasteiger partial charge in [0.25, 0.3) is 0 Å². The third-order valence-corrected chi connectivity index (χ3v) is 5.22. The lowest BCUT2D eigenvalue weighted by Gasteiger charge is -2.34. The largest absolute Gasteiger partial charge is 0.465 e. The van der Waals surface area contributed by atoms with Crippen molar-refractivity contribution in [2.24, 2.45) is 0 Å². The highest BCUT2D eigenvalue weighted by atomic mass is 19.1. The number of imide groups is 1. The van der Waals surface area contributed by atoms with Gasteiger partial charge in [-0.25, -0.2) is 14.0 Å². The molecular weight excluding hydrogens is 355 g/mol. The number of hydrogen-bond acceptors (Lipinski definition) is 3. The summed E-state index contributed by atoms with van der Waals surface area (Å²) >= 11 is 0. The molecule has 0 saturated carbocycles. The molecule has 2 aliphatic rings. The molecule has 3 heterocycles. The molecule has 2 N–H and O–H groups in total. The van der Waals surface area contributed by atoms with E-state index in [4.69, 9.17) is 5.11 Å². The summed E-state index contributed by atoms with van der Waals surface area (Å²) in [6.45, 7) is 0.407. The van der Waals surface area contributed by atoms with Crippen LogP contribution in [-0.4, -0.2) is 58.4 Å². The number of carboxylic acid groups (broad SMARTS) is 1. The zero-order chi connectivity index (χ0) is 19.1. The fraction of sp³-hybridized carbons (Fsp3) is 0.389. The third kappa shape index (κ3) is 2.98. The van der Waals surface area contributed by atoms with Crippen LogP contribution in [0, 0.1) is 0 Å². The van der Waals surface area contributed by atoms with Gasteiger partial charge in [0.05, 0.1) is 23.8 Å². The molecule has 2 aliphatic heterocycles. The molecule has 2 aromatic rings. The van der Waals surface area contributed by atoms with Crippen molar-refractivity contribution < 1.29 is 23.9 Å². The van der Waals surface area contributed by atoms with Gasteiger partial charge >= 0.3 is 12.1 Å². The topological polar surface area (TPSA) is 94.9 Å². The average Bonchev–Trinajstić information content (AvgIpc) is 3.06. The Morgan fingerprint density at radius 1 is 1.22 bits per heavy atom. The minimum absolute atomic E-state index is 0.157. The van der Waals surface area contributed by atoms with E-state index in [1.54, 1.807) is 18.3 Å². The monoisotopic (exact) mass is 374 g/mol. The Labute approximate surface area is 154 Å². The van der Waals surface area contributed by atoms with Crippen LogP contribution >= 0.6 is 0 Å². The number of anilines is 1. The molecule has 1 aromatic heterocycles. The number of carbonyl (C=O) groups is 3. The number of benzene rings is 1. The fourth-order valence-electron chi connectivity index (χ4n) is 3.87. The Morgan fingerprint density at radius 3 is 2.74 bits per heavy atom. The van der Waals surface area contributed by atoms with Crippen molar-refractivity contribution in [2.75, 3.05) is 24.5 Å². The normalized spacial score (nSPS) is 23.6. The van der Waals surface area contributed by atoms with E-state index >= 15 is 0 Å². The van der Waals surface area contributed by atoms with Crippen molar-refractivity contribution in [1.29, 1.82) is 0 Å². The zero-order valence-electron chi connectivity index (χ0n) is 14.5. The van der Waals surface area contributed by atoms with E-state index in [1.807, 2.05) is 16.7 Å². The predicted octanol–water partition coefficient (Wildman–Crippen LogP) is 2.35. The molecule has 2 atom stereocenters. The van der Waals surface area contributed by atoms with Crippen LogP contribution in [0.1, 0.15) is 18.9 Å². The lowest BCUT2D eigenvalue weighted by molar-refractivity contribution is -0.120. The summed E-state index contributed by atoms with van der Waals surface area (Å²) in [6, 6.07) is 6.32. The Kier molecular flexibility index (Phi) is 4.21. The number of halogens is 1. The Morgan fingerprint density at radius 2 is 2.04 bits per heavy atom. The lowest BCUT2D eigenvalue weighted by atomic mass is 10.0. The number of carbonyl (C=O) groups excluding carboxylic acids is 2. The number of hydrogen-bond donors (Lipinski definition) is 2. The minimum atomic E-state index is -1.31. The van der Waals surface area contributed by atoms with Gasteiger partial charge in [0.1, 0.15) is 6.17 Å². The average molecular weight is 374 g/mol. The molecule has 2 saturated heterocycles. The molecule has 27 heavy (non-hydrogen) atoms. The maximum absolute atomic E-state index is 14.7. The summed E-state index contributed by atoms with van der Waals surface area (Å²) in [5.74, 6) is -0.300. The molecule has 9 heteroatoms. The number of fused-ring (bicyclic) bond motifs is 1. The second kappa shape index (κ2) is 6.57. The van der Waals surface area contributed by atoms with Crippen LogP contribution < -0.4 is 10.2 Å². The summed E-state index contributed by atoms with van der Waals surface area (Å²) < 4.78 is 16.5. The van der Waals surface area contributed by atoms with E-state index in [-0.39, 0.29) is 32.0 Å². The van der Waals surface area contributed by atoms with Gasteiger partial charge in [-0.2, -0.15) is 0 Å². The molecule has 4 amide bonds. The smallest absolute Gasteiger partial charge is 0.407 e. The molecule has 142 valence electrons. The van der Waals surface area contributed by atoms with Gasteiger partial charge in [0.2, 0.25) is 5.91 Å². The van der Waals surface area contributed by atoms with Crippen LogP contribution in [0.3, 0.4) is 0 Å². The van der Waals surface area contributed by atoms with Crippen molar-refractivity contribution in [3.8, 4) is 0 Å². The van der Waals surface area contributed by atoms with Crippen molar-refractivity contribution in [3.05, 3.63) is 30.5 Å². The van der Waals surface area contributed by atoms with Crippen LogP contribution in [0.5, 0.6) is 0 Å². The highest BCUT2D eigenvalue weighted by Gasteiger charge is 2.33. The van der Waals surface area contributed by atoms with Gasteiger partial charge in [0, 0.05) is 31.1 Å². The maximum Gasteiger partial charge on any atom is 0.407 e. The fourth-order valence-corrected chi connectivity index (χ4v) is 3.87. The molecule has 4 rings (SSSR count). The van der Waals surface area contributed by atoms with Crippen LogP contribution in [0.15, 0.2) is 30.5 Å². The van der Waals surface area contributed by atoms with Gasteiger partial charge in [0.15, 0.2) is 0 Å². The van der Waals surface area contributed by atoms with Crippen LogP contribution in [0.25, 0.3) is 10.9 Å². The second-order valence-electron chi connectivity index (χ2n) is 6.79. The van der Waals surface area contributed by atoms with Crippen LogP contribution in [0.4, 0.5) is 19.7 Å². The van der Waals surface area contributed by atoms with Crippen molar-refractivity contribution in [1.82, 2.24) is 14.8 Å². The number of aromatic nitrogens is 1. The van der Waals surface area contributed by atoms with E-state index in [9.17, 15) is 18.8 Å². The molecule has 0 radical (unpaired) electrons. The molecule has 1 aromatic carbocycles. The number of alkyl halides is 1. The summed E-state index contributed by atoms with van der Waals surface area (Å²) in [4.78, 5) is 37.2. The molecule has 0 aliphatic carbocycles. The number of piperidine rings is 1. The van der Waals surface area contributed by atoms with Crippen molar-refractivity contribution in [2.45, 2.75) is 25.1 Å². The number of nitrogens with one attached hydrogen (secondary N) is 1. The van der Waals surface area contributed by atoms with Gasteiger partial charge < -0.3 is 14.6 Å². The van der Waals surface area contributed by atoms with E-state index in [1.165, 1.54) is 4.90 Å². The number of nitrogens with zero attached hydrogens (tertiary/aromatic N) is 3. The van der Waals surface area contributed by atoms with Crippen molar-refractivity contribution >= 4 is 34.6 Å². The first-order valence-corrected chi connectivity index (χ1v) is 8.78. The predicted molar refractivity (Wildman–Crippen MR) is 95.6 cm³/mol. The molecule has 0 spiro atoms. The maximum atomic E-state index is 14.7. The van der Waals surface area contributed by atoms with Gasteiger partial charge in [-0.05, 0) is 24.6 Å². The molecule has 1 unspecified atom stereocenters. The molecule has 0 bridgehead atoms. The van der Waals surface area contributed by atoms with E-state index < -0.39 is 24.3 Å². The first-order valence-electron chi connectivity index (χ1n) is 8.78. The number of amides is 4. The summed E-state index contributed by atoms with van der Waals surface area (Å²) in [5.41, 5.74) is 1.43. The van der Waals surface area contributed by atoms with Crippen molar-refractivity contribution in [3.63, 3.8) is 0 Å². The molecule has 2 fully saturated rings. The molecular formula is C18H19FN4O4. The first-order chi connectivity index (χ1) is 13.0. The number of likely N-dealkylation sites (tertiary alicyclic amines) is 1. The standard InChI is InChI=1S/C18H19FN4O4/c19-12-10-21(18(26)27)7-5-15(12)22-8-4-11-13(22)2-1-3-14(11)23-9-6-16(24)20-17(23)25/h1-4,8,12,15H,5-7,9-10H2,(H,26,27)(H,20,24,25)/t12-,15?/m0/s1. The third-order valence-electron chi connectivity index (χ3n) is 5.22. The van der Waals surface area contributed by atoms with Crippen LogP contribution in [0.2, 0.25) is 0 Å². The Bertz CT molecular complexity index is 927. The highest BCUT2D eigenvalue weighted by Crippen LogP contribution is 2.34. The Balaban J connectivity index is 1.66. The molecule has 8 nitrogen and oxygen atoms in total. The minimum Gasteiger partial charge on any atom is -0.465 e. The number of rotatable bonds is 2. The van der Waals surface area contributed by atoms with Gasteiger partial charge in [-0.3, -0.25) is 15.0 Å². The van der Waals surface area contributed by atoms with E-state index in [0.717, 1.165) is 15.8 Å². The zero-order valence-corrected chi connectivity index (χ0v) is 14.5. The first kappa shape index (κ1) is 17.3. The quantitative estimate of drug-likeness (QED) is 0.844. The van der Waals surface area contributed by atoms with E-state index in [0.29, 0.717) is 12.1 Å². The summed E-state index contributed by atoms with van der Waals surface area (Å²) in [5, 5.41) is 12.1. The van der Waals surface area contributed by atoms with Gasteiger partial charge in [-0.15, -0.1) is 0 Å². The van der Waals surface area contributed by atoms with Crippen LogP contribution in [-0.2, 0) is 4.79 Å². The Hall–Kier alpha value is -3.10. The lowest BCUT2D eigenvalue weighted by Crippen LogP contribution is -2.49. The highest BCUT2D eigenvalue weighted by molar-refractivity contribution is 6.09. The SMILES string of the molecule is O=C1CCN(c2cccc3c2ccn3C2CCN(C(=O)O)C[C@@H]2F)C(=O)N1. The summed E-state index contributed by atoms with van der Waals surface area (Å²) in [7, 11) is 0. The number of urea groups is 1. The van der Waals surface area contributed by atoms with Gasteiger partial charge in [-0.1, -0.05) is 6.07 Å². The summed E-state index contributed by atoms with van der Waals surface area (Å²) in [6.07, 6.45) is -0.0515. The second-order valence-corrected chi connectivity index (χ2v) is 6.79.